The van der Waals surface area contributed by atoms with Crippen molar-refractivity contribution in [3.63, 3.8) is 0 Å². The van der Waals surface area contributed by atoms with Crippen LogP contribution in [0.5, 0.6) is 0 Å². The average molecular weight is 648 g/mol. The first-order chi connectivity index (χ1) is 20.4. The van der Waals surface area contributed by atoms with Crippen molar-refractivity contribution >= 4 is 56.1 Å². The Morgan fingerprint density at radius 1 is 1.21 bits per heavy atom. The van der Waals surface area contributed by atoms with Gasteiger partial charge in [0.05, 0.1) is 40.2 Å². The third kappa shape index (κ3) is 8.21. The van der Waals surface area contributed by atoms with Crippen molar-refractivity contribution in [2.24, 2.45) is 5.92 Å². The molecule has 43 heavy (non-hydrogen) atoms. The number of rotatable bonds is 9. The first kappa shape index (κ1) is 32.6. The molecule has 3 heterocycles. The van der Waals surface area contributed by atoms with Gasteiger partial charge in [0.25, 0.3) is 6.47 Å². The van der Waals surface area contributed by atoms with E-state index in [0.29, 0.717) is 47.3 Å². The fourth-order valence-electron chi connectivity index (χ4n) is 5.05. The second-order valence-electron chi connectivity index (χ2n) is 10.7. The largest absolute Gasteiger partial charge is 0.483 e. The predicted molar refractivity (Wildman–Crippen MR) is 165 cm³/mol. The number of aliphatic hydroxyl groups is 1. The fraction of sp³-hybridized carbons (Fsp3) is 0.367. The number of hydrogen-bond donors (Lipinski definition) is 3. The summed E-state index contributed by atoms with van der Waals surface area (Å²) in [5, 5.41) is 26.2. The SMILES string of the molecule is CC(C)(O)c1cccc2c1c(CS(=O)(=O)c1ccc(Cl)s1)nn2Cc1cccc(CNC(=O)[C@@H]2CCCOC2)c1.O=CO. The van der Waals surface area contributed by atoms with Crippen LogP contribution in [-0.4, -0.2) is 54.0 Å². The van der Waals surface area contributed by atoms with Gasteiger partial charge >= 0.3 is 0 Å². The Labute approximate surface area is 259 Å². The molecule has 4 aromatic rings. The maximum absolute atomic E-state index is 13.3. The van der Waals surface area contributed by atoms with Gasteiger partial charge in [0.2, 0.25) is 5.91 Å². The number of hydrogen-bond acceptors (Lipinski definition) is 8. The fourth-order valence-corrected chi connectivity index (χ4v) is 7.89. The Kier molecular flexibility index (Phi) is 10.6. The van der Waals surface area contributed by atoms with Crippen LogP contribution in [-0.2, 0) is 48.6 Å². The van der Waals surface area contributed by atoms with Gasteiger partial charge in [0.15, 0.2) is 9.84 Å². The van der Waals surface area contributed by atoms with Crippen molar-refractivity contribution in [1.82, 2.24) is 15.1 Å². The van der Waals surface area contributed by atoms with Crippen LogP contribution in [0.2, 0.25) is 4.34 Å². The lowest BCUT2D eigenvalue weighted by Crippen LogP contribution is -2.35. The van der Waals surface area contributed by atoms with E-state index in [4.69, 9.17) is 31.3 Å². The highest BCUT2D eigenvalue weighted by Crippen LogP contribution is 2.34. The lowest BCUT2D eigenvalue weighted by atomic mass is 9.94. The Balaban J connectivity index is 0.00000135. The molecule has 1 aliphatic rings. The summed E-state index contributed by atoms with van der Waals surface area (Å²) < 4.78 is 34.3. The van der Waals surface area contributed by atoms with Crippen LogP contribution in [0.4, 0.5) is 0 Å². The minimum absolute atomic E-state index is 0.000185. The monoisotopic (exact) mass is 647 g/mol. The number of halogens is 1. The normalized spacial score (nSPS) is 15.5. The van der Waals surface area contributed by atoms with Crippen LogP contribution in [0.25, 0.3) is 10.9 Å². The second-order valence-corrected chi connectivity index (χ2v) is 14.7. The van der Waals surface area contributed by atoms with Gasteiger partial charge in [-0.25, -0.2) is 8.42 Å². The highest BCUT2D eigenvalue weighted by atomic mass is 35.5. The molecule has 0 bridgehead atoms. The Bertz CT molecular complexity index is 1690. The van der Waals surface area contributed by atoms with E-state index in [1.165, 1.54) is 6.07 Å². The van der Waals surface area contributed by atoms with Crippen LogP contribution in [0.3, 0.4) is 0 Å². The molecule has 230 valence electrons. The van der Waals surface area contributed by atoms with Crippen molar-refractivity contribution in [3.05, 3.63) is 81.3 Å². The number of carboxylic acid groups (broad SMARTS) is 1. The van der Waals surface area contributed by atoms with Crippen LogP contribution in [0.15, 0.2) is 58.8 Å². The molecular formula is C30H34ClN3O7S2. The molecule has 1 atom stereocenters. The van der Waals surface area contributed by atoms with Gasteiger partial charge in [-0.3, -0.25) is 14.3 Å². The van der Waals surface area contributed by atoms with E-state index in [9.17, 15) is 18.3 Å². The van der Waals surface area contributed by atoms with Crippen LogP contribution in [0, 0.1) is 5.92 Å². The van der Waals surface area contributed by atoms with Crippen molar-refractivity contribution in [1.29, 1.82) is 0 Å². The predicted octanol–water partition coefficient (Wildman–Crippen LogP) is 4.74. The standard InChI is InChI=1S/C29H32ClN3O5S2.CH2O2/c1-29(2,35)22-9-4-10-24-27(22)23(18-40(36,37)26-12-11-25(30)39-26)32-33(24)16-20-7-3-6-19(14-20)15-31-28(34)21-8-5-13-38-17-21;2-1-3/h3-4,6-7,9-12,14,21,35H,5,8,13,15-18H2,1-2H3,(H,31,34);1H,(H,2,3)/t21-;/m1./s1. The quantitative estimate of drug-likeness (QED) is 0.221. The molecular weight excluding hydrogens is 614 g/mol. The number of benzene rings is 2. The zero-order valence-electron chi connectivity index (χ0n) is 23.8. The first-order valence-corrected chi connectivity index (χ1v) is 16.5. The number of carbonyl (C=O) groups is 2. The summed E-state index contributed by atoms with van der Waals surface area (Å²) in [4.78, 5) is 20.9. The van der Waals surface area contributed by atoms with E-state index in [-0.39, 0.29) is 28.3 Å². The van der Waals surface area contributed by atoms with Gasteiger partial charge in [0, 0.05) is 18.5 Å². The Hall–Kier alpha value is -3.29. The second kappa shape index (κ2) is 14.0. The minimum atomic E-state index is -3.71. The van der Waals surface area contributed by atoms with E-state index in [0.717, 1.165) is 40.8 Å². The molecule has 13 heteroatoms. The van der Waals surface area contributed by atoms with Gasteiger partial charge in [-0.05, 0) is 61.6 Å². The van der Waals surface area contributed by atoms with Crippen molar-refractivity contribution in [3.8, 4) is 0 Å². The number of thiophene rings is 1. The number of nitrogens with zero attached hydrogens (tertiary/aromatic N) is 2. The lowest BCUT2D eigenvalue weighted by molar-refractivity contribution is -0.129. The van der Waals surface area contributed by atoms with Crippen LogP contribution >= 0.6 is 22.9 Å². The zero-order valence-corrected chi connectivity index (χ0v) is 26.2. The molecule has 0 spiro atoms. The molecule has 2 aromatic carbocycles. The van der Waals surface area contributed by atoms with Gasteiger partial charge in [-0.1, -0.05) is 48.0 Å². The summed E-state index contributed by atoms with van der Waals surface area (Å²) in [6, 6.07) is 16.5. The van der Waals surface area contributed by atoms with E-state index >= 15 is 0 Å². The molecule has 0 aliphatic carbocycles. The molecule has 0 radical (unpaired) electrons. The lowest BCUT2D eigenvalue weighted by Gasteiger charge is -2.21. The number of amides is 1. The molecule has 2 aromatic heterocycles. The number of carbonyl (C=O) groups excluding carboxylic acids is 1. The molecule has 3 N–H and O–H groups in total. The number of aromatic nitrogens is 2. The number of fused-ring (bicyclic) bond motifs is 1. The number of nitrogens with one attached hydrogen (secondary N) is 1. The Morgan fingerprint density at radius 2 is 1.93 bits per heavy atom. The van der Waals surface area contributed by atoms with E-state index in [1.807, 2.05) is 36.4 Å². The average Bonchev–Trinajstić information content (AvgIpc) is 3.56. The first-order valence-electron chi connectivity index (χ1n) is 13.6. The van der Waals surface area contributed by atoms with E-state index < -0.39 is 15.4 Å². The molecule has 1 aliphatic heterocycles. The highest BCUT2D eigenvalue weighted by Gasteiger charge is 2.28. The molecule has 5 rings (SSSR count). The van der Waals surface area contributed by atoms with E-state index in [2.05, 4.69) is 5.32 Å². The van der Waals surface area contributed by atoms with Crippen molar-refractivity contribution < 1.29 is 33.0 Å². The van der Waals surface area contributed by atoms with Gasteiger partial charge in [0.1, 0.15) is 9.96 Å². The smallest absolute Gasteiger partial charge is 0.290 e. The summed E-state index contributed by atoms with van der Waals surface area (Å²) in [5.41, 5.74) is 2.40. The highest BCUT2D eigenvalue weighted by molar-refractivity contribution is 7.92. The van der Waals surface area contributed by atoms with Crippen LogP contribution < -0.4 is 5.32 Å². The summed E-state index contributed by atoms with van der Waals surface area (Å²) in [6.07, 6.45) is 1.73. The zero-order chi connectivity index (χ0) is 31.2. The van der Waals surface area contributed by atoms with Gasteiger partial charge in [-0.2, -0.15) is 5.10 Å². The minimum Gasteiger partial charge on any atom is -0.483 e. The van der Waals surface area contributed by atoms with Crippen molar-refractivity contribution in [2.75, 3.05) is 13.2 Å². The van der Waals surface area contributed by atoms with Gasteiger partial charge < -0.3 is 20.3 Å². The maximum atomic E-state index is 13.3. The van der Waals surface area contributed by atoms with E-state index in [1.54, 1.807) is 30.7 Å². The molecule has 1 fully saturated rings. The Morgan fingerprint density at radius 3 is 2.58 bits per heavy atom. The molecule has 1 saturated heterocycles. The van der Waals surface area contributed by atoms with Crippen LogP contribution in [0.1, 0.15) is 49.1 Å². The number of sulfone groups is 1. The summed E-state index contributed by atoms with van der Waals surface area (Å²) in [7, 11) is -3.71. The topological polar surface area (TPSA) is 148 Å². The van der Waals surface area contributed by atoms with Crippen molar-refractivity contribution in [2.45, 2.75) is 55.3 Å². The summed E-state index contributed by atoms with van der Waals surface area (Å²) in [5.74, 6) is -0.436. The molecule has 0 saturated carbocycles. The molecule has 1 amide bonds. The summed E-state index contributed by atoms with van der Waals surface area (Å²) >= 11 is 7.02. The molecule has 10 nitrogen and oxygen atoms in total. The summed E-state index contributed by atoms with van der Waals surface area (Å²) in [6.45, 7) is 5.05. The number of ether oxygens (including phenoxy) is 1. The third-order valence-corrected chi connectivity index (χ3v) is 10.5. The maximum Gasteiger partial charge on any atom is 0.290 e. The van der Waals surface area contributed by atoms with Gasteiger partial charge in [-0.15, -0.1) is 11.3 Å². The molecule has 0 unspecified atom stereocenters. The third-order valence-electron chi connectivity index (χ3n) is 7.01.